The zero-order chi connectivity index (χ0) is 13.1. The van der Waals surface area contributed by atoms with Gasteiger partial charge in [-0.15, -0.1) is 0 Å². The van der Waals surface area contributed by atoms with Gasteiger partial charge in [0.05, 0.1) is 0 Å². The lowest BCUT2D eigenvalue weighted by Crippen LogP contribution is -2.19. The predicted octanol–water partition coefficient (Wildman–Crippen LogP) is 3.20. The van der Waals surface area contributed by atoms with Crippen molar-refractivity contribution in [2.24, 2.45) is 0 Å². The van der Waals surface area contributed by atoms with E-state index in [1.807, 2.05) is 24.3 Å². The standard InChI is InChI=1S/C13H13BrFN3/c1-18(8-9-3-2-4-11(16)5-9)13-12(15)6-10(14)7-17-13/h2-7H,8,16H2,1H3. The van der Waals surface area contributed by atoms with Gasteiger partial charge in [0.2, 0.25) is 0 Å². The zero-order valence-electron chi connectivity index (χ0n) is 9.90. The van der Waals surface area contributed by atoms with Crippen LogP contribution in [-0.2, 0) is 6.54 Å². The van der Waals surface area contributed by atoms with Crippen LogP contribution >= 0.6 is 15.9 Å². The average Bonchev–Trinajstić information content (AvgIpc) is 2.28. The molecule has 1 aromatic heterocycles. The smallest absolute Gasteiger partial charge is 0.166 e. The van der Waals surface area contributed by atoms with E-state index in [1.165, 1.54) is 6.07 Å². The molecule has 0 amide bonds. The molecule has 0 unspecified atom stereocenters. The Hall–Kier alpha value is -1.62. The Morgan fingerprint density at radius 1 is 1.39 bits per heavy atom. The third-order valence-corrected chi connectivity index (χ3v) is 2.95. The van der Waals surface area contributed by atoms with Gasteiger partial charge in [0.15, 0.2) is 11.6 Å². The van der Waals surface area contributed by atoms with E-state index in [-0.39, 0.29) is 5.82 Å². The number of hydrogen-bond acceptors (Lipinski definition) is 3. The van der Waals surface area contributed by atoms with Gasteiger partial charge in [0.25, 0.3) is 0 Å². The zero-order valence-corrected chi connectivity index (χ0v) is 11.5. The number of hydrogen-bond donors (Lipinski definition) is 1. The Bertz CT molecular complexity index is 560. The second kappa shape index (κ2) is 5.35. The number of aromatic nitrogens is 1. The number of nitrogens with two attached hydrogens (primary N) is 1. The van der Waals surface area contributed by atoms with Gasteiger partial charge in [-0.2, -0.15) is 0 Å². The number of nitrogen functional groups attached to an aromatic ring is 1. The van der Waals surface area contributed by atoms with Crippen LogP contribution in [0.1, 0.15) is 5.56 Å². The van der Waals surface area contributed by atoms with Crippen molar-refractivity contribution in [2.75, 3.05) is 17.7 Å². The van der Waals surface area contributed by atoms with Crippen molar-refractivity contribution >= 4 is 27.4 Å². The van der Waals surface area contributed by atoms with E-state index in [9.17, 15) is 4.39 Å². The molecule has 0 fully saturated rings. The first kappa shape index (κ1) is 12.8. The SMILES string of the molecule is CN(Cc1cccc(N)c1)c1ncc(Br)cc1F. The van der Waals surface area contributed by atoms with Gasteiger partial charge in [0.1, 0.15) is 0 Å². The minimum Gasteiger partial charge on any atom is -0.399 e. The first-order valence-electron chi connectivity index (χ1n) is 5.43. The van der Waals surface area contributed by atoms with Crippen LogP contribution < -0.4 is 10.6 Å². The maximum atomic E-state index is 13.7. The monoisotopic (exact) mass is 309 g/mol. The molecule has 5 heteroatoms. The van der Waals surface area contributed by atoms with Crippen LogP contribution in [0.5, 0.6) is 0 Å². The number of benzene rings is 1. The van der Waals surface area contributed by atoms with E-state index < -0.39 is 0 Å². The Morgan fingerprint density at radius 2 is 2.17 bits per heavy atom. The molecule has 0 bridgehead atoms. The minimum atomic E-state index is -0.351. The molecule has 0 radical (unpaired) electrons. The summed E-state index contributed by atoms with van der Waals surface area (Å²) in [7, 11) is 1.79. The highest BCUT2D eigenvalue weighted by Gasteiger charge is 2.10. The molecule has 2 N–H and O–H groups in total. The highest BCUT2D eigenvalue weighted by atomic mass is 79.9. The first-order valence-corrected chi connectivity index (χ1v) is 6.22. The van der Waals surface area contributed by atoms with Crippen molar-refractivity contribution < 1.29 is 4.39 Å². The van der Waals surface area contributed by atoms with E-state index in [1.54, 1.807) is 18.1 Å². The summed E-state index contributed by atoms with van der Waals surface area (Å²) in [6.45, 7) is 0.552. The molecular weight excluding hydrogens is 297 g/mol. The molecule has 18 heavy (non-hydrogen) atoms. The van der Waals surface area contributed by atoms with Gasteiger partial charge < -0.3 is 10.6 Å². The van der Waals surface area contributed by atoms with Crippen LogP contribution in [-0.4, -0.2) is 12.0 Å². The van der Waals surface area contributed by atoms with Crippen LogP contribution in [0.4, 0.5) is 15.9 Å². The average molecular weight is 310 g/mol. The number of nitrogens with zero attached hydrogens (tertiary/aromatic N) is 2. The molecule has 2 aromatic rings. The van der Waals surface area contributed by atoms with Crippen molar-refractivity contribution in [2.45, 2.75) is 6.54 Å². The van der Waals surface area contributed by atoms with E-state index in [2.05, 4.69) is 20.9 Å². The second-order valence-corrected chi connectivity index (χ2v) is 4.98. The summed E-state index contributed by atoms with van der Waals surface area (Å²) in [5.41, 5.74) is 7.42. The van der Waals surface area contributed by atoms with Crippen LogP contribution in [0.3, 0.4) is 0 Å². The van der Waals surface area contributed by atoms with Gasteiger partial charge in [0, 0.05) is 29.9 Å². The summed E-state index contributed by atoms with van der Waals surface area (Å²) in [6, 6.07) is 8.92. The Morgan fingerprint density at radius 3 is 2.83 bits per heavy atom. The minimum absolute atomic E-state index is 0.320. The maximum absolute atomic E-state index is 13.7. The van der Waals surface area contributed by atoms with Gasteiger partial charge in [-0.3, -0.25) is 0 Å². The summed E-state index contributed by atoms with van der Waals surface area (Å²) in [5, 5.41) is 0. The fourth-order valence-corrected chi connectivity index (χ4v) is 2.03. The van der Waals surface area contributed by atoms with Gasteiger partial charge in [-0.05, 0) is 39.7 Å². The molecule has 0 aliphatic rings. The van der Waals surface area contributed by atoms with Crippen LogP contribution in [0.25, 0.3) is 0 Å². The predicted molar refractivity (Wildman–Crippen MR) is 74.9 cm³/mol. The van der Waals surface area contributed by atoms with E-state index in [0.717, 1.165) is 5.56 Å². The first-order chi connectivity index (χ1) is 8.56. The normalized spacial score (nSPS) is 10.4. The molecule has 0 spiro atoms. The fourth-order valence-electron chi connectivity index (χ4n) is 1.73. The fraction of sp³-hybridized carbons (Fsp3) is 0.154. The second-order valence-electron chi connectivity index (χ2n) is 4.06. The lowest BCUT2D eigenvalue weighted by Gasteiger charge is -2.19. The van der Waals surface area contributed by atoms with Crippen molar-refractivity contribution in [3.8, 4) is 0 Å². The largest absolute Gasteiger partial charge is 0.399 e. The van der Waals surface area contributed by atoms with Crippen molar-refractivity contribution in [3.63, 3.8) is 0 Å². The molecule has 0 aliphatic carbocycles. The Balaban J connectivity index is 2.19. The molecule has 1 heterocycles. The Labute approximate surface area is 114 Å². The van der Waals surface area contributed by atoms with E-state index in [0.29, 0.717) is 22.5 Å². The summed E-state index contributed by atoms with van der Waals surface area (Å²) in [6.07, 6.45) is 1.58. The van der Waals surface area contributed by atoms with Crippen molar-refractivity contribution in [1.82, 2.24) is 4.98 Å². The molecule has 0 aliphatic heterocycles. The molecule has 2 rings (SSSR count). The molecule has 1 aromatic carbocycles. The number of anilines is 2. The summed E-state index contributed by atoms with van der Waals surface area (Å²) < 4.78 is 14.4. The number of halogens is 2. The summed E-state index contributed by atoms with van der Waals surface area (Å²) in [5.74, 6) is -0.0311. The molecule has 0 saturated carbocycles. The molecule has 3 nitrogen and oxygen atoms in total. The summed E-state index contributed by atoms with van der Waals surface area (Å²) in [4.78, 5) is 5.82. The van der Waals surface area contributed by atoms with Crippen LogP contribution in [0, 0.1) is 5.82 Å². The lowest BCUT2D eigenvalue weighted by molar-refractivity contribution is 0.613. The van der Waals surface area contributed by atoms with E-state index >= 15 is 0 Å². The molecular formula is C13H13BrFN3. The Kier molecular flexibility index (Phi) is 3.81. The third kappa shape index (κ3) is 2.98. The lowest BCUT2D eigenvalue weighted by atomic mass is 10.2. The van der Waals surface area contributed by atoms with Crippen LogP contribution in [0.15, 0.2) is 41.0 Å². The molecule has 0 saturated heterocycles. The highest BCUT2D eigenvalue weighted by molar-refractivity contribution is 9.10. The van der Waals surface area contributed by atoms with Gasteiger partial charge in [-0.25, -0.2) is 9.37 Å². The van der Waals surface area contributed by atoms with Crippen molar-refractivity contribution in [1.29, 1.82) is 0 Å². The molecule has 0 atom stereocenters. The van der Waals surface area contributed by atoms with E-state index in [4.69, 9.17) is 5.73 Å². The number of pyridine rings is 1. The summed E-state index contributed by atoms with van der Waals surface area (Å²) >= 11 is 3.18. The van der Waals surface area contributed by atoms with Crippen molar-refractivity contribution in [3.05, 3.63) is 52.4 Å². The quantitative estimate of drug-likeness (QED) is 0.885. The highest BCUT2D eigenvalue weighted by Crippen LogP contribution is 2.20. The maximum Gasteiger partial charge on any atom is 0.166 e. The number of rotatable bonds is 3. The van der Waals surface area contributed by atoms with Gasteiger partial charge in [-0.1, -0.05) is 12.1 Å². The third-order valence-electron chi connectivity index (χ3n) is 2.52. The van der Waals surface area contributed by atoms with Gasteiger partial charge >= 0.3 is 0 Å². The molecule has 94 valence electrons. The topological polar surface area (TPSA) is 42.1 Å². The van der Waals surface area contributed by atoms with Crippen LogP contribution in [0.2, 0.25) is 0 Å².